The molecule has 1 unspecified atom stereocenters. The van der Waals surface area contributed by atoms with Crippen LogP contribution in [0.4, 0.5) is 0 Å². The SMILES string of the molecule is C/C=C/C(=O)N1CCCCC1CC(=O)O. The molecule has 0 aromatic heterocycles. The van der Waals surface area contributed by atoms with Crippen LogP contribution in [0, 0.1) is 0 Å². The fourth-order valence-corrected chi connectivity index (χ4v) is 1.94. The van der Waals surface area contributed by atoms with Gasteiger partial charge in [-0.15, -0.1) is 0 Å². The highest BCUT2D eigenvalue weighted by atomic mass is 16.4. The number of amides is 1. The number of carboxylic acid groups (broad SMARTS) is 1. The maximum atomic E-state index is 11.6. The van der Waals surface area contributed by atoms with Gasteiger partial charge in [0.05, 0.1) is 6.42 Å². The highest BCUT2D eigenvalue weighted by molar-refractivity contribution is 5.88. The summed E-state index contributed by atoms with van der Waals surface area (Å²) in [7, 11) is 0. The Hall–Kier alpha value is -1.32. The van der Waals surface area contributed by atoms with E-state index in [9.17, 15) is 9.59 Å². The molecule has 15 heavy (non-hydrogen) atoms. The van der Waals surface area contributed by atoms with Crippen molar-refractivity contribution >= 4 is 11.9 Å². The third-order valence-electron chi connectivity index (χ3n) is 2.63. The Kier molecular flexibility index (Phi) is 4.34. The van der Waals surface area contributed by atoms with Crippen LogP contribution in [-0.4, -0.2) is 34.5 Å². The molecule has 1 aliphatic heterocycles. The van der Waals surface area contributed by atoms with Gasteiger partial charge in [-0.1, -0.05) is 6.08 Å². The quantitative estimate of drug-likeness (QED) is 0.718. The van der Waals surface area contributed by atoms with E-state index in [0.717, 1.165) is 19.3 Å². The van der Waals surface area contributed by atoms with Crippen molar-refractivity contribution < 1.29 is 14.7 Å². The van der Waals surface area contributed by atoms with E-state index in [1.54, 1.807) is 17.9 Å². The number of carboxylic acids is 1. The third kappa shape index (κ3) is 3.38. The minimum Gasteiger partial charge on any atom is -0.481 e. The van der Waals surface area contributed by atoms with Crippen molar-refractivity contribution in [2.24, 2.45) is 0 Å². The van der Waals surface area contributed by atoms with Gasteiger partial charge in [-0.05, 0) is 32.3 Å². The zero-order valence-electron chi connectivity index (χ0n) is 8.98. The molecule has 1 atom stereocenters. The van der Waals surface area contributed by atoms with Gasteiger partial charge >= 0.3 is 5.97 Å². The molecular formula is C11H17NO3. The molecule has 1 fully saturated rings. The number of aliphatic carboxylic acids is 1. The fraction of sp³-hybridized carbons (Fsp3) is 0.636. The molecule has 1 N–H and O–H groups in total. The Labute approximate surface area is 89.6 Å². The Morgan fingerprint density at radius 1 is 1.47 bits per heavy atom. The average Bonchev–Trinajstić information content (AvgIpc) is 2.18. The monoisotopic (exact) mass is 211 g/mol. The summed E-state index contributed by atoms with van der Waals surface area (Å²) in [5, 5.41) is 8.74. The van der Waals surface area contributed by atoms with Gasteiger partial charge in [-0.3, -0.25) is 9.59 Å². The van der Waals surface area contributed by atoms with Gasteiger partial charge in [0.25, 0.3) is 0 Å². The van der Waals surface area contributed by atoms with E-state index in [4.69, 9.17) is 5.11 Å². The summed E-state index contributed by atoms with van der Waals surface area (Å²) < 4.78 is 0. The Bertz CT molecular complexity index is 273. The van der Waals surface area contributed by atoms with Gasteiger partial charge in [-0.2, -0.15) is 0 Å². The standard InChI is InChI=1S/C11H17NO3/c1-2-5-10(13)12-7-4-3-6-9(12)8-11(14)15/h2,5,9H,3-4,6-8H2,1H3,(H,14,15)/b5-2+. The summed E-state index contributed by atoms with van der Waals surface area (Å²) in [6.07, 6.45) is 6.03. The highest BCUT2D eigenvalue weighted by Crippen LogP contribution is 2.19. The van der Waals surface area contributed by atoms with Crippen LogP contribution in [0.3, 0.4) is 0 Å². The molecule has 0 saturated carbocycles. The van der Waals surface area contributed by atoms with Crippen LogP contribution in [0.25, 0.3) is 0 Å². The first-order valence-corrected chi connectivity index (χ1v) is 5.30. The normalized spacial score (nSPS) is 21.9. The van der Waals surface area contributed by atoms with Crippen molar-refractivity contribution in [3.05, 3.63) is 12.2 Å². The maximum absolute atomic E-state index is 11.6. The lowest BCUT2D eigenvalue weighted by molar-refractivity contribution is -0.140. The number of nitrogens with zero attached hydrogens (tertiary/aromatic N) is 1. The topological polar surface area (TPSA) is 57.6 Å². The van der Waals surface area contributed by atoms with Crippen LogP contribution in [0.5, 0.6) is 0 Å². The summed E-state index contributed by atoms with van der Waals surface area (Å²) >= 11 is 0. The summed E-state index contributed by atoms with van der Waals surface area (Å²) in [6, 6.07) is -0.125. The molecule has 0 spiro atoms. The molecule has 1 amide bonds. The second-order valence-electron chi connectivity index (χ2n) is 3.78. The molecule has 1 heterocycles. The van der Waals surface area contributed by atoms with Crippen molar-refractivity contribution in [2.45, 2.75) is 38.6 Å². The average molecular weight is 211 g/mol. The molecule has 4 nitrogen and oxygen atoms in total. The number of allylic oxidation sites excluding steroid dienone is 1. The van der Waals surface area contributed by atoms with Gasteiger partial charge in [0.2, 0.25) is 5.91 Å². The second-order valence-corrected chi connectivity index (χ2v) is 3.78. The van der Waals surface area contributed by atoms with E-state index in [0.29, 0.717) is 6.54 Å². The van der Waals surface area contributed by atoms with Crippen molar-refractivity contribution in [1.82, 2.24) is 4.90 Å². The molecule has 0 aromatic rings. The van der Waals surface area contributed by atoms with E-state index in [-0.39, 0.29) is 18.4 Å². The minimum absolute atomic E-state index is 0.0588. The first kappa shape index (κ1) is 11.8. The number of hydrogen-bond acceptors (Lipinski definition) is 2. The van der Waals surface area contributed by atoms with Crippen LogP contribution in [0.15, 0.2) is 12.2 Å². The van der Waals surface area contributed by atoms with Gasteiger partial charge in [0.15, 0.2) is 0 Å². The van der Waals surface area contributed by atoms with Crippen molar-refractivity contribution in [1.29, 1.82) is 0 Å². The summed E-state index contributed by atoms with van der Waals surface area (Å²) in [4.78, 5) is 24.0. The smallest absolute Gasteiger partial charge is 0.305 e. The van der Waals surface area contributed by atoms with Crippen molar-refractivity contribution in [3.63, 3.8) is 0 Å². The molecule has 1 saturated heterocycles. The highest BCUT2D eigenvalue weighted by Gasteiger charge is 2.26. The number of rotatable bonds is 3. The molecule has 0 radical (unpaired) electrons. The number of hydrogen-bond donors (Lipinski definition) is 1. The third-order valence-corrected chi connectivity index (χ3v) is 2.63. The molecular weight excluding hydrogens is 194 g/mol. The predicted octanol–water partition coefficient (Wildman–Crippen LogP) is 1.42. The Morgan fingerprint density at radius 3 is 2.80 bits per heavy atom. The summed E-state index contributed by atoms with van der Waals surface area (Å²) in [5.41, 5.74) is 0. The minimum atomic E-state index is -0.833. The Morgan fingerprint density at radius 2 is 2.20 bits per heavy atom. The molecule has 0 aromatic carbocycles. The summed E-state index contributed by atoms with van der Waals surface area (Å²) in [5.74, 6) is -0.899. The number of likely N-dealkylation sites (tertiary alicyclic amines) is 1. The predicted molar refractivity (Wildman–Crippen MR) is 56.4 cm³/mol. The molecule has 1 aliphatic rings. The van der Waals surface area contributed by atoms with E-state index in [1.807, 2.05) is 0 Å². The fourth-order valence-electron chi connectivity index (χ4n) is 1.94. The van der Waals surface area contributed by atoms with Crippen LogP contribution in [0.2, 0.25) is 0 Å². The van der Waals surface area contributed by atoms with Crippen LogP contribution in [-0.2, 0) is 9.59 Å². The van der Waals surface area contributed by atoms with Gasteiger partial charge in [0, 0.05) is 12.6 Å². The van der Waals surface area contributed by atoms with Gasteiger partial charge in [0.1, 0.15) is 0 Å². The van der Waals surface area contributed by atoms with Gasteiger partial charge in [-0.25, -0.2) is 0 Å². The molecule has 0 bridgehead atoms. The van der Waals surface area contributed by atoms with E-state index in [1.165, 1.54) is 6.08 Å². The zero-order chi connectivity index (χ0) is 11.3. The largest absolute Gasteiger partial charge is 0.481 e. The molecule has 4 heteroatoms. The van der Waals surface area contributed by atoms with Crippen LogP contribution >= 0.6 is 0 Å². The van der Waals surface area contributed by atoms with E-state index >= 15 is 0 Å². The molecule has 1 rings (SSSR count). The van der Waals surface area contributed by atoms with Gasteiger partial charge < -0.3 is 10.0 Å². The number of carbonyl (C=O) groups excluding carboxylic acids is 1. The second kappa shape index (κ2) is 5.53. The zero-order valence-corrected chi connectivity index (χ0v) is 8.98. The van der Waals surface area contributed by atoms with Crippen molar-refractivity contribution in [3.8, 4) is 0 Å². The summed E-state index contributed by atoms with van der Waals surface area (Å²) in [6.45, 7) is 2.47. The lowest BCUT2D eigenvalue weighted by Gasteiger charge is -2.34. The van der Waals surface area contributed by atoms with E-state index < -0.39 is 5.97 Å². The first-order valence-electron chi connectivity index (χ1n) is 5.30. The first-order chi connectivity index (χ1) is 7.15. The Balaban J connectivity index is 2.64. The lowest BCUT2D eigenvalue weighted by atomic mass is 9.99. The van der Waals surface area contributed by atoms with E-state index in [2.05, 4.69) is 0 Å². The lowest BCUT2D eigenvalue weighted by Crippen LogP contribution is -2.44. The van der Waals surface area contributed by atoms with Crippen molar-refractivity contribution in [2.75, 3.05) is 6.54 Å². The number of piperidine rings is 1. The molecule has 0 aliphatic carbocycles. The van der Waals surface area contributed by atoms with Crippen LogP contribution in [0.1, 0.15) is 32.6 Å². The van der Waals surface area contributed by atoms with Crippen LogP contribution < -0.4 is 0 Å². The maximum Gasteiger partial charge on any atom is 0.305 e. The molecule has 84 valence electrons. The number of carbonyl (C=O) groups is 2.